The van der Waals surface area contributed by atoms with Gasteiger partial charge in [-0.25, -0.2) is 4.98 Å². The van der Waals surface area contributed by atoms with Gasteiger partial charge in [-0.05, 0) is 43.7 Å². The molecule has 3 aromatic carbocycles. The zero-order valence-electron chi connectivity index (χ0n) is 17.4. The van der Waals surface area contributed by atoms with Crippen LogP contribution >= 0.6 is 0 Å². The van der Waals surface area contributed by atoms with Crippen molar-refractivity contribution in [1.82, 2.24) is 9.97 Å². The predicted octanol–water partition coefficient (Wildman–Crippen LogP) is 3.17. The number of aromatic nitrogens is 2. The number of para-hydroxylation sites is 1. The Morgan fingerprint density at radius 1 is 0.903 bits per heavy atom. The van der Waals surface area contributed by atoms with E-state index in [9.17, 15) is 4.79 Å². The number of benzene rings is 3. The third-order valence-electron chi connectivity index (χ3n) is 5.24. The highest BCUT2D eigenvalue weighted by Gasteiger charge is 2.15. The lowest BCUT2D eigenvalue weighted by molar-refractivity contribution is -0.114. The van der Waals surface area contributed by atoms with E-state index in [1.807, 2.05) is 24.3 Å². The van der Waals surface area contributed by atoms with E-state index in [0.29, 0.717) is 11.3 Å². The Hall–Kier alpha value is -4.26. The van der Waals surface area contributed by atoms with Gasteiger partial charge in [0.25, 0.3) is 5.91 Å². The van der Waals surface area contributed by atoms with Crippen LogP contribution in [0.5, 0.6) is 0 Å². The zero-order chi connectivity index (χ0) is 22.3. The fourth-order valence-corrected chi connectivity index (χ4v) is 3.75. The number of carbonyl (C=O) groups excluding carboxylic acids is 1. The van der Waals surface area contributed by atoms with E-state index in [2.05, 4.69) is 37.0 Å². The van der Waals surface area contributed by atoms with Crippen LogP contribution in [0.15, 0.2) is 60.3 Å². The van der Waals surface area contributed by atoms with Gasteiger partial charge >= 0.3 is 0 Å². The number of carbonyl (C=O) groups is 1. The second-order valence-electron chi connectivity index (χ2n) is 7.65. The lowest BCUT2D eigenvalue weighted by atomic mass is 9.98. The van der Waals surface area contributed by atoms with Gasteiger partial charge < -0.3 is 27.9 Å². The molecule has 4 rings (SSSR count). The molecule has 0 spiro atoms. The summed E-state index contributed by atoms with van der Waals surface area (Å²) in [4.78, 5) is 19.5. The summed E-state index contributed by atoms with van der Waals surface area (Å²) in [6.07, 6.45) is 0. The maximum absolute atomic E-state index is 11.4. The number of fused-ring (bicyclic) bond motifs is 1. The highest BCUT2D eigenvalue weighted by Crippen LogP contribution is 2.33. The van der Waals surface area contributed by atoms with Gasteiger partial charge in [-0.15, -0.1) is 0 Å². The Labute approximate surface area is 179 Å². The number of hydrogen-bond acceptors (Lipinski definition) is 5. The Bertz CT molecular complexity index is 1350. The number of aromatic amines is 1. The normalized spacial score (nSPS) is 12.1. The lowest BCUT2D eigenvalue weighted by Crippen LogP contribution is -2.24. The summed E-state index contributed by atoms with van der Waals surface area (Å²) in [7, 11) is 0. The molecule has 0 radical (unpaired) electrons. The molecule has 1 aromatic heterocycles. The zero-order valence-corrected chi connectivity index (χ0v) is 17.4. The second kappa shape index (κ2) is 7.53. The van der Waals surface area contributed by atoms with Gasteiger partial charge in [-0.3, -0.25) is 4.79 Å². The van der Waals surface area contributed by atoms with Crippen molar-refractivity contribution in [3.63, 3.8) is 0 Å². The fraction of sp³-hybridized carbons (Fsp3) is 0.0833. The maximum atomic E-state index is 11.4. The Morgan fingerprint density at radius 3 is 2.29 bits per heavy atom. The third kappa shape index (κ3) is 3.69. The minimum Gasteiger partial charge on any atom is -0.398 e. The van der Waals surface area contributed by atoms with Gasteiger partial charge in [0.1, 0.15) is 11.5 Å². The van der Waals surface area contributed by atoms with Crippen LogP contribution in [0.2, 0.25) is 0 Å². The van der Waals surface area contributed by atoms with Crippen molar-refractivity contribution in [2.24, 2.45) is 17.2 Å². The molecule has 0 saturated carbocycles. The molecular formula is C24H24N6O. The highest BCUT2D eigenvalue weighted by atomic mass is 16.1. The van der Waals surface area contributed by atoms with Crippen LogP contribution < -0.4 is 22.9 Å². The predicted molar refractivity (Wildman–Crippen MR) is 125 cm³/mol. The monoisotopic (exact) mass is 412 g/mol. The van der Waals surface area contributed by atoms with Crippen LogP contribution in [0.1, 0.15) is 16.7 Å². The summed E-state index contributed by atoms with van der Waals surface area (Å²) in [6, 6.07) is 17.6. The molecule has 0 aliphatic carbocycles. The number of hydrogen-bond donors (Lipinski definition) is 5. The van der Waals surface area contributed by atoms with Crippen molar-refractivity contribution in [1.29, 1.82) is 0 Å². The van der Waals surface area contributed by atoms with Gasteiger partial charge in [0.2, 0.25) is 0 Å². The van der Waals surface area contributed by atoms with Crippen molar-refractivity contribution < 1.29 is 4.79 Å². The van der Waals surface area contributed by atoms with Crippen molar-refractivity contribution in [2.45, 2.75) is 13.8 Å². The quantitative estimate of drug-likeness (QED) is 0.258. The second-order valence-corrected chi connectivity index (χ2v) is 7.65. The standard InChI is InChI=1S/C24H24N6O/c1-12-8-13(2)10-15(9-12)24-29-18-7-6-14(11-19(18)30-24)16-4-3-5-17(20(16)25)21(26)22(27)23(28)31/h3-11H,25-27H2,1-2H3,(H2,28,31)(H,29,30)/b22-21+. The molecular weight excluding hydrogens is 388 g/mol. The van der Waals surface area contributed by atoms with E-state index in [4.69, 9.17) is 27.9 Å². The molecule has 0 atom stereocenters. The van der Waals surface area contributed by atoms with Gasteiger partial charge in [0.15, 0.2) is 0 Å². The van der Waals surface area contributed by atoms with Crippen LogP contribution in [-0.2, 0) is 4.79 Å². The molecule has 9 N–H and O–H groups in total. The van der Waals surface area contributed by atoms with Gasteiger partial charge in [0.05, 0.1) is 16.7 Å². The number of imidazole rings is 1. The maximum Gasteiger partial charge on any atom is 0.266 e. The summed E-state index contributed by atoms with van der Waals surface area (Å²) in [6.45, 7) is 4.14. The minimum atomic E-state index is -0.792. The highest BCUT2D eigenvalue weighted by molar-refractivity contribution is 6.01. The van der Waals surface area contributed by atoms with Gasteiger partial charge in [-0.2, -0.15) is 0 Å². The first kappa shape index (κ1) is 20.0. The Kier molecular flexibility index (Phi) is 4.87. The molecule has 0 bridgehead atoms. The first-order valence-corrected chi connectivity index (χ1v) is 9.77. The number of nitrogens with one attached hydrogen (secondary N) is 1. The smallest absolute Gasteiger partial charge is 0.266 e. The topological polar surface area (TPSA) is 150 Å². The van der Waals surface area contributed by atoms with Crippen LogP contribution in [0.25, 0.3) is 39.2 Å². The molecule has 156 valence electrons. The van der Waals surface area contributed by atoms with E-state index in [1.54, 1.807) is 12.1 Å². The number of nitrogen functional groups attached to an aromatic ring is 1. The number of anilines is 1. The van der Waals surface area contributed by atoms with Crippen LogP contribution in [0.3, 0.4) is 0 Å². The Balaban J connectivity index is 1.80. The average molecular weight is 412 g/mol. The number of primary amides is 1. The van der Waals surface area contributed by atoms with E-state index < -0.39 is 5.91 Å². The molecule has 0 aliphatic heterocycles. The summed E-state index contributed by atoms with van der Waals surface area (Å²) in [5.41, 5.74) is 30.9. The first-order valence-electron chi connectivity index (χ1n) is 9.77. The van der Waals surface area contributed by atoms with E-state index in [-0.39, 0.29) is 11.4 Å². The molecule has 1 heterocycles. The molecule has 7 nitrogen and oxygen atoms in total. The molecule has 0 saturated heterocycles. The average Bonchev–Trinajstić information content (AvgIpc) is 3.15. The summed E-state index contributed by atoms with van der Waals surface area (Å²) >= 11 is 0. The first-order chi connectivity index (χ1) is 14.7. The fourth-order valence-electron chi connectivity index (χ4n) is 3.75. The number of nitrogens with two attached hydrogens (primary N) is 4. The minimum absolute atomic E-state index is 0.0616. The van der Waals surface area contributed by atoms with Crippen LogP contribution in [-0.4, -0.2) is 15.9 Å². The van der Waals surface area contributed by atoms with Crippen molar-refractivity contribution in [3.8, 4) is 22.5 Å². The molecule has 0 fully saturated rings. The number of amides is 1. The summed E-state index contributed by atoms with van der Waals surface area (Å²) in [5.74, 6) is 0.0159. The van der Waals surface area contributed by atoms with Crippen LogP contribution in [0.4, 0.5) is 5.69 Å². The summed E-state index contributed by atoms with van der Waals surface area (Å²) in [5, 5.41) is 0. The van der Waals surface area contributed by atoms with Crippen LogP contribution in [0, 0.1) is 13.8 Å². The van der Waals surface area contributed by atoms with Crippen molar-refractivity contribution in [3.05, 3.63) is 77.0 Å². The van der Waals surface area contributed by atoms with Crippen molar-refractivity contribution >= 4 is 28.3 Å². The molecule has 1 amide bonds. The van der Waals surface area contributed by atoms with E-state index in [1.165, 1.54) is 11.1 Å². The number of H-pyrrole nitrogens is 1. The lowest BCUT2D eigenvalue weighted by Gasteiger charge is -2.13. The molecule has 31 heavy (non-hydrogen) atoms. The van der Waals surface area contributed by atoms with E-state index >= 15 is 0 Å². The number of aryl methyl sites for hydroxylation is 2. The SMILES string of the molecule is Cc1cc(C)cc(-c2nc3ccc(-c4cccc(/C(N)=C(\N)C(N)=O)c4N)cc3[nH]2)c1. The molecule has 7 heteroatoms. The van der Waals surface area contributed by atoms with Gasteiger partial charge in [0, 0.05) is 22.4 Å². The van der Waals surface area contributed by atoms with Crippen molar-refractivity contribution in [2.75, 3.05) is 5.73 Å². The third-order valence-corrected chi connectivity index (χ3v) is 5.24. The molecule has 4 aromatic rings. The summed E-state index contributed by atoms with van der Waals surface area (Å²) < 4.78 is 0. The Morgan fingerprint density at radius 2 is 1.61 bits per heavy atom. The largest absolute Gasteiger partial charge is 0.398 e. The van der Waals surface area contributed by atoms with E-state index in [0.717, 1.165) is 33.5 Å². The molecule has 0 aliphatic rings. The number of nitrogens with zero attached hydrogens (tertiary/aromatic N) is 1. The van der Waals surface area contributed by atoms with Gasteiger partial charge in [-0.1, -0.05) is 41.5 Å². The molecule has 0 unspecified atom stereocenters. The number of rotatable bonds is 4.